The van der Waals surface area contributed by atoms with Gasteiger partial charge in [0.2, 0.25) is 0 Å². The van der Waals surface area contributed by atoms with E-state index in [4.69, 9.17) is 27.2 Å². The standard InChI is InChI=1S/C23H19ClN8O/c1-13(25)16-4-3-14(9-17(16)24)18-5-6-21-29-30-22(32(21)31-18)12-27-19-7-8-26-20-10-15(33-2)11-28-23(19)20/h3-11H,1,12,25H2,2H3,(H,26,27). The number of ether oxygens (including phenoxy) is 1. The number of pyridine rings is 2. The summed E-state index contributed by atoms with van der Waals surface area (Å²) in [6, 6.07) is 13.0. The minimum absolute atomic E-state index is 0.386. The number of benzene rings is 1. The molecule has 0 saturated heterocycles. The fraction of sp³-hybridized carbons (Fsp3) is 0.0870. The van der Waals surface area contributed by atoms with Crippen molar-refractivity contribution in [2.45, 2.75) is 6.54 Å². The molecule has 0 atom stereocenters. The van der Waals surface area contributed by atoms with Gasteiger partial charge in [-0.05, 0) is 24.3 Å². The normalized spacial score (nSPS) is 11.1. The number of anilines is 1. The number of hydrogen-bond acceptors (Lipinski definition) is 8. The zero-order chi connectivity index (χ0) is 22.9. The van der Waals surface area contributed by atoms with Gasteiger partial charge in [0.1, 0.15) is 11.3 Å². The van der Waals surface area contributed by atoms with Crippen LogP contribution in [0.1, 0.15) is 11.4 Å². The van der Waals surface area contributed by atoms with Gasteiger partial charge in [-0.2, -0.15) is 9.61 Å². The molecule has 4 aromatic heterocycles. The SMILES string of the molecule is C=C(N)c1ccc(-c2ccc3nnc(CNc4ccnc5cc(OC)cnc45)n3n2)cc1Cl. The molecule has 0 fully saturated rings. The van der Waals surface area contributed by atoms with Crippen molar-refractivity contribution in [3.8, 4) is 17.0 Å². The zero-order valence-corrected chi connectivity index (χ0v) is 18.4. The van der Waals surface area contributed by atoms with Crippen molar-refractivity contribution >= 4 is 39.7 Å². The maximum atomic E-state index is 6.36. The molecule has 0 bridgehead atoms. The van der Waals surface area contributed by atoms with E-state index in [1.165, 1.54) is 0 Å². The molecule has 1 aromatic carbocycles. The molecule has 5 rings (SSSR count). The lowest BCUT2D eigenvalue weighted by atomic mass is 10.1. The molecule has 0 aliphatic heterocycles. The maximum absolute atomic E-state index is 6.36. The molecule has 3 N–H and O–H groups in total. The van der Waals surface area contributed by atoms with Gasteiger partial charge in [-0.1, -0.05) is 30.3 Å². The minimum Gasteiger partial charge on any atom is -0.495 e. The number of nitrogens with two attached hydrogens (primary N) is 1. The van der Waals surface area contributed by atoms with Crippen LogP contribution in [0.4, 0.5) is 5.69 Å². The van der Waals surface area contributed by atoms with Crippen molar-refractivity contribution in [1.82, 2.24) is 29.8 Å². The number of methoxy groups -OCH3 is 1. The molecule has 0 aliphatic carbocycles. The van der Waals surface area contributed by atoms with Crippen molar-refractivity contribution in [3.05, 3.63) is 77.8 Å². The molecule has 0 saturated carbocycles. The Balaban J connectivity index is 1.45. The van der Waals surface area contributed by atoms with Crippen LogP contribution in [0.15, 0.2) is 61.4 Å². The number of hydrogen-bond donors (Lipinski definition) is 2. The predicted molar refractivity (Wildman–Crippen MR) is 128 cm³/mol. The number of nitrogens with one attached hydrogen (secondary N) is 1. The first kappa shape index (κ1) is 20.7. The number of rotatable bonds is 6. The Labute approximate surface area is 193 Å². The molecule has 0 aliphatic rings. The van der Waals surface area contributed by atoms with Gasteiger partial charge >= 0.3 is 0 Å². The van der Waals surface area contributed by atoms with Crippen LogP contribution in [0.25, 0.3) is 33.6 Å². The van der Waals surface area contributed by atoms with Gasteiger partial charge in [-0.25, -0.2) is 4.98 Å². The summed E-state index contributed by atoms with van der Waals surface area (Å²) in [4.78, 5) is 8.82. The van der Waals surface area contributed by atoms with Gasteiger partial charge in [-0.3, -0.25) is 4.98 Å². The number of halogens is 1. The van der Waals surface area contributed by atoms with E-state index in [1.807, 2.05) is 42.5 Å². The molecule has 0 unspecified atom stereocenters. The highest BCUT2D eigenvalue weighted by Crippen LogP contribution is 2.27. The van der Waals surface area contributed by atoms with Gasteiger partial charge in [0.15, 0.2) is 11.5 Å². The maximum Gasteiger partial charge on any atom is 0.178 e. The first-order valence-corrected chi connectivity index (χ1v) is 10.4. The van der Waals surface area contributed by atoms with Crippen LogP contribution in [0.5, 0.6) is 5.75 Å². The summed E-state index contributed by atoms with van der Waals surface area (Å²) in [5, 5.41) is 17.1. The van der Waals surface area contributed by atoms with E-state index in [-0.39, 0.29) is 0 Å². The van der Waals surface area contributed by atoms with Gasteiger partial charge in [0, 0.05) is 29.1 Å². The molecule has 10 heteroatoms. The summed E-state index contributed by atoms with van der Waals surface area (Å²) in [6.45, 7) is 4.13. The molecule has 0 spiro atoms. The quantitative estimate of drug-likeness (QED) is 0.393. The van der Waals surface area contributed by atoms with E-state index in [0.717, 1.165) is 28.0 Å². The Kier molecular flexibility index (Phi) is 5.23. The van der Waals surface area contributed by atoms with Crippen LogP contribution in [-0.2, 0) is 6.54 Å². The average Bonchev–Trinajstić information content (AvgIpc) is 3.24. The topological polar surface area (TPSA) is 116 Å². The summed E-state index contributed by atoms with van der Waals surface area (Å²) in [7, 11) is 1.60. The number of fused-ring (bicyclic) bond motifs is 2. The van der Waals surface area contributed by atoms with Gasteiger partial charge in [0.25, 0.3) is 0 Å². The van der Waals surface area contributed by atoms with Crippen LogP contribution < -0.4 is 15.8 Å². The molecule has 4 heterocycles. The number of nitrogens with zero attached hydrogens (tertiary/aromatic N) is 6. The molecule has 164 valence electrons. The zero-order valence-electron chi connectivity index (χ0n) is 17.7. The predicted octanol–water partition coefficient (Wildman–Crippen LogP) is 3.94. The first-order valence-electron chi connectivity index (χ1n) is 10.0. The van der Waals surface area contributed by atoms with E-state index in [0.29, 0.717) is 40.0 Å². The monoisotopic (exact) mass is 458 g/mol. The van der Waals surface area contributed by atoms with Crippen LogP contribution in [-0.4, -0.2) is 36.9 Å². The molecular weight excluding hydrogens is 440 g/mol. The van der Waals surface area contributed by atoms with Crippen molar-refractivity contribution < 1.29 is 4.74 Å². The van der Waals surface area contributed by atoms with Gasteiger partial charge in [0.05, 0.1) is 41.8 Å². The van der Waals surface area contributed by atoms with Crippen molar-refractivity contribution in [3.63, 3.8) is 0 Å². The van der Waals surface area contributed by atoms with Crippen LogP contribution >= 0.6 is 11.6 Å². The first-order chi connectivity index (χ1) is 16.0. The van der Waals surface area contributed by atoms with Gasteiger partial charge < -0.3 is 15.8 Å². The molecule has 0 amide bonds. The lowest BCUT2D eigenvalue weighted by Crippen LogP contribution is -2.07. The summed E-state index contributed by atoms with van der Waals surface area (Å²) in [6.07, 6.45) is 3.37. The molecule has 0 radical (unpaired) electrons. The van der Waals surface area contributed by atoms with Crippen molar-refractivity contribution in [2.24, 2.45) is 5.73 Å². The fourth-order valence-electron chi connectivity index (χ4n) is 3.47. The Morgan fingerprint density at radius 1 is 1.15 bits per heavy atom. The molecule has 9 nitrogen and oxygen atoms in total. The van der Waals surface area contributed by atoms with Crippen LogP contribution in [0, 0.1) is 0 Å². The average molecular weight is 459 g/mol. The van der Waals surface area contributed by atoms with E-state index in [1.54, 1.807) is 24.0 Å². The fourth-order valence-corrected chi connectivity index (χ4v) is 3.77. The second-order valence-corrected chi connectivity index (χ2v) is 7.69. The van der Waals surface area contributed by atoms with Gasteiger partial charge in [-0.15, -0.1) is 10.2 Å². The van der Waals surface area contributed by atoms with E-state index in [2.05, 4.69) is 32.1 Å². The molecule has 33 heavy (non-hydrogen) atoms. The van der Waals surface area contributed by atoms with E-state index < -0.39 is 0 Å². The van der Waals surface area contributed by atoms with Crippen LogP contribution in [0.3, 0.4) is 0 Å². The van der Waals surface area contributed by atoms with Crippen molar-refractivity contribution in [2.75, 3.05) is 12.4 Å². The highest BCUT2D eigenvalue weighted by molar-refractivity contribution is 6.32. The van der Waals surface area contributed by atoms with Crippen LogP contribution in [0.2, 0.25) is 5.02 Å². The highest BCUT2D eigenvalue weighted by Gasteiger charge is 2.12. The minimum atomic E-state index is 0.386. The highest BCUT2D eigenvalue weighted by atomic mass is 35.5. The largest absolute Gasteiger partial charge is 0.495 e. The van der Waals surface area contributed by atoms with Crippen molar-refractivity contribution in [1.29, 1.82) is 0 Å². The Bertz CT molecular complexity index is 1510. The van der Waals surface area contributed by atoms with E-state index >= 15 is 0 Å². The summed E-state index contributed by atoms with van der Waals surface area (Å²) < 4.78 is 6.93. The smallest absolute Gasteiger partial charge is 0.178 e. The lowest BCUT2D eigenvalue weighted by molar-refractivity contribution is 0.413. The Morgan fingerprint density at radius 2 is 2.03 bits per heavy atom. The Morgan fingerprint density at radius 3 is 2.82 bits per heavy atom. The summed E-state index contributed by atoms with van der Waals surface area (Å²) in [5.74, 6) is 1.29. The third kappa shape index (κ3) is 3.90. The second kappa shape index (κ2) is 8.36. The third-order valence-corrected chi connectivity index (χ3v) is 5.48. The second-order valence-electron chi connectivity index (χ2n) is 7.28. The summed E-state index contributed by atoms with van der Waals surface area (Å²) in [5.41, 5.74) is 11.4. The number of aromatic nitrogens is 6. The lowest BCUT2D eigenvalue weighted by Gasteiger charge is -2.09. The Hall–Kier alpha value is -4.24. The molecular formula is C23H19ClN8O. The third-order valence-electron chi connectivity index (χ3n) is 5.16. The molecule has 5 aromatic rings. The van der Waals surface area contributed by atoms with E-state index in [9.17, 15) is 0 Å². The summed E-state index contributed by atoms with van der Waals surface area (Å²) >= 11 is 6.36.